The zero-order chi connectivity index (χ0) is 11.5. The first kappa shape index (κ1) is 11.2. The third-order valence-electron chi connectivity index (χ3n) is 3.75. The molecule has 2 rings (SSSR count). The molecule has 2 saturated carbocycles. The third kappa shape index (κ3) is 2.10. The highest BCUT2D eigenvalue weighted by atomic mass is 16.5. The van der Waals surface area contributed by atoms with Crippen LogP contribution in [0.4, 0.5) is 0 Å². The van der Waals surface area contributed by atoms with Gasteiger partial charge in [-0.2, -0.15) is 0 Å². The molecule has 0 aliphatic heterocycles. The van der Waals surface area contributed by atoms with Gasteiger partial charge in [0, 0.05) is 6.08 Å². The molecule has 4 heteroatoms. The predicted octanol–water partition coefficient (Wildman–Crippen LogP) is 1.30. The van der Waals surface area contributed by atoms with Crippen molar-refractivity contribution in [1.82, 2.24) is 0 Å². The van der Waals surface area contributed by atoms with Gasteiger partial charge in [-0.1, -0.05) is 6.58 Å². The molecule has 0 aromatic rings. The van der Waals surface area contributed by atoms with E-state index in [0.717, 1.165) is 19.3 Å². The van der Waals surface area contributed by atoms with Crippen LogP contribution in [0.25, 0.3) is 0 Å². The van der Waals surface area contributed by atoms with E-state index in [4.69, 9.17) is 9.47 Å². The van der Waals surface area contributed by atoms with Gasteiger partial charge in [0.15, 0.2) is 0 Å². The summed E-state index contributed by atoms with van der Waals surface area (Å²) in [6.45, 7) is 4.39. The molecule has 4 nitrogen and oxygen atoms in total. The summed E-state index contributed by atoms with van der Waals surface area (Å²) in [5.74, 6) is 1.09. The van der Waals surface area contributed by atoms with Crippen LogP contribution in [0, 0.1) is 17.8 Å². The second-order valence-electron chi connectivity index (χ2n) is 4.60. The van der Waals surface area contributed by atoms with Crippen LogP contribution in [-0.4, -0.2) is 25.2 Å². The maximum atomic E-state index is 11.1. The van der Waals surface area contributed by atoms with Crippen molar-refractivity contribution in [2.45, 2.75) is 25.4 Å². The maximum Gasteiger partial charge on any atom is 0.330 e. The Balaban J connectivity index is 1.83. The van der Waals surface area contributed by atoms with Crippen LogP contribution in [0.3, 0.4) is 0 Å². The number of rotatable bonds is 5. The van der Waals surface area contributed by atoms with Crippen molar-refractivity contribution in [1.29, 1.82) is 0 Å². The van der Waals surface area contributed by atoms with Gasteiger partial charge in [-0.15, -0.1) is 0 Å². The summed E-state index contributed by atoms with van der Waals surface area (Å²) in [4.78, 5) is 21.2. The van der Waals surface area contributed by atoms with E-state index < -0.39 is 0 Å². The van der Waals surface area contributed by atoms with Gasteiger partial charge >= 0.3 is 5.97 Å². The molecule has 4 unspecified atom stereocenters. The Labute approximate surface area is 94.6 Å². The highest BCUT2D eigenvalue weighted by Crippen LogP contribution is 2.49. The normalized spacial score (nSPS) is 35.8. The zero-order valence-electron chi connectivity index (χ0n) is 9.13. The van der Waals surface area contributed by atoms with E-state index >= 15 is 0 Å². The SMILES string of the molecule is C=CC(=O)OC1CC2CC1CC2COC=O. The number of carbonyl (C=O) groups excluding carboxylic acids is 2. The van der Waals surface area contributed by atoms with E-state index in [-0.39, 0.29) is 12.1 Å². The summed E-state index contributed by atoms with van der Waals surface area (Å²) in [6.07, 6.45) is 4.23. The number of ether oxygens (including phenoxy) is 2. The molecule has 0 radical (unpaired) electrons. The zero-order valence-corrected chi connectivity index (χ0v) is 9.13. The van der Waals surface area contributed by atoms with Crippen molar-refractivity contribution >= 4 is 12.4 Å². The lowest BCUT2D eigenvalue weighted by Gasteiger charge is -2.26. The maximum absolute atomic E-state index is 11.1. The summed E-state index contributed by atoms with van der Waals surface area (Å²) in [7, 11) is 0. The predicted molar refractivity (Wildman–Crippen MR) is 56.4 cm³/mol. The minimum absolute atomic E-state index is 0.0444. The minimum atomic E-state index is -0.335. The topological polar surface area (TPSA) is 52.6 Å². The fraction of sp³-hybridized carbons (Fsp3) is 0.667. The number of carbonyl (C=O) groups is 2. The van der Waals surface area contributed by atoms with Crippen molar-refractivity contribution in [3.05, 3.63) is 12.7 Å². The molecule has 0 aromatic heterocycles. The van der Waals surface area contributed by atoms with Gasteiger partial charge in [0.05, 0.1) is 6.61 Å². The van der Waals surface area contributed by atoms with Gasteiger partial charge in [-0.25, -0.2) is 4.79 Å². The van der Waals surface area contributed by atoms with Crippen LogP contribution >= 0.6 is 0 Å². The first-order valence-electron chi connectivity index (χ1n) is 5.63. The van der Waals surface area contributed by atoms with Gasteiger partial charge in [0.25, 0.3) is 6.47 Å². The third-order valence-corrected chi connectivity index (χ3v) is 3.75. The van der Waals surface area contributed by atoms with E-state index in [1.807, 2.05) is 0 Å². The lowest BCUT2D eigenvalue weighted by atomic mass is 9.88. The van der Waals surface area contributed by atoms with Gasteiger partial charge in [0.1, 0.15) is 6.10 Å². The molecule has 2 aliphatic rings. The second-order valence-corrected chi connectivity index (χ2v) is 4.60. The van der Waals surface area contributed by atoms with Crippen LogP contribution in [0.5, 0.6) is 0 Å². The van der Waals surface area contributed by atoms with E-state index in [1.54, 1.807) is 0 Å². The average Bonchev–Trinajstić information content (AvgIpc) is 2.85. The summed E-state index contributed by atoms with van der Waals surface area (Å²) >= 11 is 0. The van der Waals surface area contributed by atoms with Crippen LogP contribution in [0.15, 0.2) is 12.7 Å². The number of esters is 1. The van der Waals surface area contributed by atoms with Crippen LogP contribution in [0.1, 0.15) is 19.3 Å². The average molecular weight is 224 g/mol. The number of hydrogen-bond donors (Lipinski definition) is 0. The summed E-state index contributed by atoms with van der Waals surface area (Å²) in [5, 5.41) is 0. The Morgan fingerprint density at radius 1 is 1.31 bits per heavy atom. The Morgan fingerprint density at radius 3 is 2.69 bits per heavy atom. The van der Waals surface area contributed by atoms with Crippen molar-refractivity contribution < 1.29 is 19.1 Å². The quantitative estimate of drug-likeness (QED) is 0.401. The molecule has 2 bridgehead atoms. The first-order valence-corrected chi connectivity index (χ1v) is 5.63. The molecule has 16 heavy (non-hydrogen) atoms. The molecular formula is C12H16O4. The number of fused-ring (bicyclic) bond motifs is 2. The summed E-state index contributed by atoms with van der Waals surface area (Å²) in [5.41, 5.74) is 0. The Kier molecular flexibility index (Phi) is 3.27. The van der Waals surface area contributed by atoms with E-state index in [0.29, 0.717) is 30.8 Å². The molecule has 0 heterocycles. The highest BCUT2D eigenvalue weighted by molar-refractivity contribution is 5.81. The first-order chi connectivity index (χ1) is 7.74. The molecule has 0 N–H and O–H groups in total. The molecule has 88 valence electrons. The smallest absolute Gasteiger partial charge is 0.330 e. The molecule has 0 saturated heterocycles. The largest absolute Gasteiger partial charge is 0.468 e. The molecular weight excluding hydrogens is 208 g/mol. The van der Waals surface area contributed by atoms with Crippen molar-refractivity contribution in [3.8, 4) is 0 Å². The van der Waals surface area contributed by atoms with Crippen LogP contribution < -0.4 is 0 Å². The Bertz CT molecular complexity index is 299. The van der Waals surface area contributed by atoms with Gasteiger partial charge in [-0.3, -0.25) is 4.79 Å². The lowest BCUT2D eigenvalue weighted by Crippen LogP contribution is -2.28. The van der Waals surface area contributed by atoms with Crippen molar-refractivity contribution in [2.75, 3.05) is 6.61 Å². The Morgan fingerprint density at radius 2 is 2.12 bits per heavy atom. The van der Waals surface area contributed by atoms with Gasteiger partial charge < -0.3 is 9.47 Å². The van der Waals surface area contributed by atoms with E-state index in [2.05, 4.69) is 6.58 Å². The fourth-order valence-electron chi connectivity index (χ4n) is 3.05. The molecule has 0 amide bonds. The van der Waals surface area contributed by atoms with Gasteiger partial charge in [0.2, 0.25) is 0 Å². The molecule has 2 aliphatic carbocycles. The lowest BCUT2D eigenvalue weighted by molar-refractivity contribution is -0.146. The molecule has 0 spiro atoms. The van der Waals surface area contributed by atoms with Crippen LogP contribution in [0.2, 0.25) is 0 Å². The standard InChI is InChI=1S/C12H16O4/c1-2-12(14)16-11-5-8-3-9(11)4-10(8)6-15-7-13/h2,7-11H,1,3-6H2. The molecule has 2 fully saturated rings. The second kappa shape index (κ2) is 4.68. The minimum Gasteiger partial charge on any atom is -0.468 e. The molecule has 0 aromatic carbocycles. The Hall–Kier alpha value is -1.32. The molecule has 4 atom stereocenters. The highest BCUT2D eigenvalue weighted by Gasteiger charge is 2.47. The monoisotopic (exact) mass is 224 g/mol. The van der Waals surface area contributed by atoms with Crippen LogP contribution in [-0.2, 0) is 19.1 Å². The summed E-state index contributed by atoms with van der Waals surface area (Å²) < 4.78 is 10.1. The van der Waals surface area contributed by atoms with Crippen molar-refractivity contribution in [3.63, 3.8) is 0 Å². The van der Waals surface area contributed by atoms with E-state index in [1.165, 1.54) is 6.08 Å². The van der Waals surface area contributed by atoms with Gasteiger partial charge in [-0.05, 0) is 37.0 Å². The van der Waals surface area contributed by atoms with Crippen molar-refractivity contribution in [2.24, 2.45) is 17.8 Å². The fourth-order valence-corrected chi connectivity index (χ4v) is 3.05. The van der Waals surface area contributed by atoms with E-state index in [9.17, 15) is 9.59 Å². The number of hydrogen-bond acceptors (Lipinski definition) is 4. The summed E-state index contributed by atoms with van der Waals surface area (Å²) in [6, 6.07) is 0.